The zero-order valence-electron chi connectivity index (χ0n) is 10.4. The Morgan fingerprint density at radius 3 is 2.67 bits per heavy atom. The van der Waals surface area contributed by atoms with Crippen molar-refractivity contribution in [3.8, 4) is 0 Å². The molecule has 2 rings (SSSR count). The lowest BCUT2D eigenvalue weighted by atomic mass is 10.1. The van der Waals surface area contributed by atoms with E-state index in [9.17, 15) is 13.2 Å². The first-order valence-corrected chi connectivity index (χ1v) is 8.18. The number of amides is 1. The lowest BCUT2D eigenvalue weighted by Gasteiger charge is -2.26. The third-order valence-electron chi connectivity index (χ3n) is 3.35. The van der Waals surface area contributed by atoms with Crippen LogP contribution >= 0.6 is 0 Å². The summed E-state index contributed by atoms with van der Waals surface area (Å²) in [6.45, 7) is 2.03. The fourth-order valence-corrected chi connectivity index (χ4v) is 3.79. The Kier molecular flexibility index (Phi) is 4.58. The number of morpholine rings is 1. The highest BCUT2D eigenvalue weighted by Crippen LogP contribution is 2.12. The lowest BCUT2D eigenvalue weighted by molar-refractivity contribution is -0.123. The summed E-state index contributed by atoms with van der Waals surface area (Å²) in [5.74, 6) is 0.341. The molecule has 2 aliphatic rings. The van der Waals surface area contributed by atoms with Crippen molar-refractivity contribution in [1.82, 2.24) is 10.6 Å². The Bertz CT molecular complexity index is 376. The number of ether oxygens (including phenoxy) is 1. The maximum atomic E-state index is 11.8. The van der Waals surface area contributed by atoms with Gasteiger partial charge in [-0.2, -0.15) is 0 Å². The predicted octanol–water partition coefficient (Wildman–Crippen LogP) is -0.942. The molecule has 18 heavy (non-hydrogen) atoms. The minimum absolute atomic E-state index is 0.00512. The van der Waals surface area contributed by atoms with Crippen molar-refractivity contribution >= 4 is 15.7 Å². The van der Waals surface area contributed by atoms with Crippen LogP contribution in [0.4, 0.5) is 0 Å². The zero-order chi connectivity index (χ0) is 13.0. The Hall–Kier alpha value is -0.660. The third-order valence-corrected chi connectivity index (χ3v) is 5.07. The molecule has 0 aliphatic carbocycles. The predicted molar refractivity (Wildman–Crippen MR) is 67.0 cm³/mol. The monoisotopic (exact) mass is 276 g/mol. The first-order chi connectivity index (χ1) is 8.55. The second-order valence-electron chi connectivity index (χ2n) is 4.92. The molecule has 0 saturated carbocycles. The highest BCUT2D eigenvalue weighted by Gasteiger charge is 2.25. The molecule has 7 heteroatoms. The Labute approximate surface area is 107 Å². The van der Waals surface area contributed by atoms with Crippen LogP contribution < -0.4 is 10.6 Å². The second-order valence-corrected chi connectivity index (χ2v) is 7.23. The number of nitrogens with one attached hydrogen (secondary N) is 2. The molecule has 2 N–H and O–H groups in total. The number of hydrogen-bond donors (Lipinski definition) is 2. The van der Waals surface area contributed by atoms with Crippen molar-refractivity contribution in [1.29, 1.82) is 0 Å². The van der Waals surface area contributed by atoms with Crippen molar-refractivity contribution in [2.75, 3.05) is 31.3 Å². The molecule has 6 nitrogen and oxygen atoms in total. The van der Waals surface area contributed by atoms with Gasteiger partial charge in [-0.05, 0) is 12.8 Å². The van der Waals surface area contributed by atoms with Gasteiger partial charge in [-0.3, -0.25) is 4.79 Å². The number of carbonyl (C=O) groups excluding carboxylic acids is 1. The molecule has 2 fully saturated rings. The lowest BCUT2D eigenvalue weighted by Crippen LogP contribution is -2.47. The number of sulfone groups is 1. The van der Waals surface area contributed by atoms with Crippen LogP contribution in [0.1, 0.15) is 19.3 Å². The van der Waals surface area contributed by atoms with E-state index in [1.807, 2.05) is 0 Å². The van der Waals surface area contributed by atoms with E-state index in [0.717, 1.165) is 6.54 Å². The average Bonchev–Trinajstić information content (AvgIpc) is 2.33. The van der Waals surface area contributed by atoms with Gasteiger partial charge in [0.05, 0.1) is 24.7 Å². The smallest absolute Gasteiger partial charge is 0.221 e. The molecule has 0 bridgehead atoms. The Balaban J connectivity index is 1.71. The van der Waals surface area contributed by atoms with Gasteiger partial charge >= 0.3 is 0 Å². The molecule has 0 spiro atoms. The number of hydrogen-bond acceptors (Lipinski definition) is 5. The molecule has 1 unspecified atom stereocenters. The van der Waals surface area contributed by atoms with Crippen molar-refractivity contribution in [3.05, 3.63) is 0 Å². The molecule has 0 radical (unpaired) electrons. The van der Waals surface area contributed by atoms with Gasteiger partial charge in [0, 0.05) is 25.0 Å². The van der Waals surface area contributed by atoms with Crippen LogP contribution in [0, 0.1) is 0 Å². The van der Waals surface area contributed by atoms with E-state index in [1.165, 1.54) is 0 Å². The molecule has 1 amide bonds. The Morgan fingerprint density at radius 1 is 1.33 bits per heavy atom. The molecular formula is C11H20N2O4S. The highest BCUT2D eigenvalue weighted by atomic mass is 32.2. The SMILES string of the molecule is O=C(CC1COCCN1)NC1CCS(=O)(=O)CC1. The minimum Gasteiger partial charge on any atom is -0.378 e. The second kappa shape index (κ2) is 5.99. The normalized spacial score (nSPS) is 28.8. The molecule has 2 heterocycles. The van der Waals surface area contributed by atoms with Crippen molar-refractivity contribution in [3.63, 3.8) is 0 Å². The summed E-state index contributed by atoms with van der Waals surface area (Å²) in [6.07, 6.45) is 1.45. The van der Waals surface area contributed by atoms with Crippen molar-refractivity contribution in [2.45, 2.75) is 31.3 Å². The van der Waals surface area contributed by atoms with Gasteiger partial charge in [0.1, 0.15) is 9.84 Å². The van der Waals surface area contributed by atoms with Crippen LogP contribution in [-0.4, -0.2) is 57.7 Å². The van der Waals surface area contributed by atoms with E-state index in [4.69, 9.17) is 4.74 Å². The van der Waals surface area contributed by atoms with Crippen LogP contribution in [0.5, 0.6) is 0 Å². The fraction of sp³-hybridized carbons (Fsp3) is 0.909. The zero-order valence-corrected chi connectivity index (χ0v) is 11.2. The van der Waals surface area contributed by atoms with Crippen LogP contribution in [0.25, 0.3) is 0 Å². The van der Waals surface area contributed by atoms with E-state index >= 15 is 0 Å². The summed E-state index contributed by atoms with van der Waals surface area (Å²) >= 11 is 0. The van der Waals surface area contributed by atoms with E-state index in [0.29, 0.717) is 32.5 Å². The summed E-state index contributed by atoms with van der Waals surface area (Å²) in [5, 5.41) is 6.12. The van der Waals surface area contributed by atoms with E-state index in [1.54, 1.807) is 0 Å². The minimum atomic E-state index is -2.86. The summed E-state index contributed by atoms with van der Waals surface area (Å²) < 4.78 is 27.8. The number of carbonyl (C=O) groups is 1. The van der Waals surface area contributed by atoms with Crippen LogP contribution in [0.2, 0.25) is 0 Å². The molecule has 1 atom stereocenters. The van der Waals surface area contributed by atoms with Crippen LogP contribution in [0.15, 0.2) is 0 Å². The maximum absolute atomic E-state index is 11.8. The molecule has 104 valence electrons. The maximum Gasteiger partial charge on any atom is 0.221 e. The molecule has 0 aromatic carbocycles. The summed E-state index contributed by atoms with van der Waals surface area (Å²) in [4.78, 5) is 11.8. The first-order valence-electron chi connectivity index (χ1n) is 6.36. The molecule has 0 aromatic heterocycles. The van der Waals surface area contributed by atoms with Gasteiger partial charge in [-0.25, -0.2) is 8.42 Å². The summed E-state index contributed by atoms with van der Waals surface area (Å²) in [6, 6.07) is 0.0802. The van der Waals surface area contributed by atoms with Gasteiger partial charge in [-0.1, -0.05) is 0 Å². The van der Waals surface area contributed by atoms with E-state index < -0.39 is 9.84 Å². The molecule has 2 aliphatic heterocycles. The fourth-order valence-electron chi connectivity index (χ4n) is 2.30. The van der Waals surface area contributed by atoms with Gasteiger partial charge in [0.25, 0.3) is 0 Å². The standard InChI is InChI=1S/C11H20N2O4S/c14-11(7-10-8-17-4-3-12-10)13-9-1-5-18(15,16)6-2-9/h9-10,12H,1-8H2,(H,13,14). The topological polar surface area (TPSA) is 84.5 Å². The highest BCUT2D eigenvalue weighted by molar-refractivity contribution is 7.91. The van der Waals surface area contributed by atoms with Gasteiger partial charge in [-0.15, -0.1) is 0 Å². The molecule has 2 saturated heterocycles. The third kappa shape index (κ3) is 4.22. The van der Waals surface area contributed by atoms with Crippen molar-refractivity contribution < 1.29 is 17.9 Å². The summed E-state index contributed by atoms with van der Waals surface area (Å²) in [7, 11) is -2.86. The average molecular weight is 276 g/mol. The molecular weight excluding hydrogens is 256 g/mol. The van der Waals surface area contributed by atoms with Gasteiger partial charge in [0.15, 0.2) is 0 Å². The summed E-state index contributed by atoms with van der Waals surface area (Å²) in [5.41, 5.74) is 0. The first kappa shape index (κ1) is 13.8. The van der Waals surface area contributed by atoms with Gasteiger partial charge < -0.3 is 15.4 Å². The quantitative estimate of drug-likeness (QED) is 0.695. The Morgan fingerprint density at radius 2 is 2.06 bits per heavy atom. The van der Waals surface area contributed by atoms with E-state index in [-0.39, 0.29) is 29.5 Å². The number of rotatable bonds is 3. The van der Waals surface area contributed by atoms with Crippen molar-refractivity contribution in [2.24, 2.45) is 0 Å². The largest absolute Gasteiger partial charge is 0.378 e. The van der Waals surface area contributed by atoms with E-state index in [2.05, 4.69) is 10.6 Å². The van der Waals surface area contributed by atoms with Crippen LogP contribution in [0.3, 0.4) is 0 Å². The molecule has 0 aromatic rings. The van der Waals surface area contributed by atoms with Gasteiger partial charge in [0.2, 0.25) is 5.91 Å². The van der Waals surface area contributed by atoms with Crippen LogP contribution in [-0.2, 0) is 19.4 Å².